The minimum absolute atomic E-state index is 0.139. The average Bonchev–Trinajstić information content (AvgIpc) is 2.61. The van der Waals surface area contributed by atoms with E-state index in [4.69, 9.17) is 0 Å². The van der Waals surface area contributed by atoms with Crippen molar-refractivity contribution in [3.63, 3.8) is 0 Å². The molecule has 0 bridgehead atoms. The molecule has 2 aromatic rings. The number of nitro benzene ring substituents is 1. The van der Waals surface area contributed by atoms with Gasteiger partial charge >= 0.3 is 6.18 Å². The van der Waals surface area contributed by atoms with Crippen LogP contribution in [0.15, 0.2) is 48.5 Å². The van der Waals surface area contributed by atoms with Gasteiger partial charge in [0.1, 0.15) is 6.54 Å². The molecule has 0 aliphatic heterocycles. The molecule has 0 saturated heterocycles. The topological polar surface area (TPSA) is 101 Å². The number of halogens is 3. The van der Waals surface area contributed by atoms with Gasteiger partial charge in [0, 0.05) is 23.4 Å². The Morgan fingerprint density at radius 2 is 1.59 bits per heavy atom. The number of anilines is 1. The number of amides is 2. The van der Waals surface area contributed by atoms with E-state index in [0.717, 1.165) is 0 Å². The Bertz CT molecular complexity index is 834. The highest BCUT2D eigenvalue weighted by molar-refractivity contribution is 6.04. The molecule has 0 radical (unpaired) electrons. The lowest BCUT2D eigenvalue weighted by atomic mass is 10.1. The molecule has 27 heavy (non-hydrogen) atoms. The molecular formula is C17H14F3N3O4. The zero-order valence-electron chi connectivity index (χ0n) is 13.7. The van der Waals surface area contributed by atoms with Crippen molar-refractivity contribution >= 4 is 23.2 Å². The van der Waals surface area contributed by atoms with Crippen LogP contribution in [0.3, 0.4) is 0 Å². The zero-order valence-corrected chi connectivity index (χ0v) is 13.7. The number of rotatable bonds is 6. The maximum atomic E-state index is 12.1. The molecule has 10 heteroatoms. The van der Waals surface area contributed by atoms with Crippen LogP contribution in [0.2, 0.25) is 0 Å². The van der Waals surface area contributed by atoms with Gasteiger partial charge < -0.3 is 10.6 Å². The van der Waals surface area contributed by atoms with Crippen LogP contribution in [0.25, 0.3) is 0 Å². The lowest BCUT2D eigenvalue weighted by molar-refractivity contribution is -0.384. The van der Waals surface area contributed by atoms with E-state index < -0.39 is 29.5 Å². The number of non-ortho nitro benzene ring substituents is 1. The Morgan fingerprint density at radius 3 is 2.11 bits per heavy atom. The van der Waals surface area contributed by atoms with Crippen molar-refractivity contribution in [1.29, 1.82) is 0 Å². The van der Waals surface area contributed by atoms with E-state index in [1.165, 1.54) is 48.5 Å². The normalized spacial score (nSPS) is 10.9. The Balaban J connectivity index is 1.92. The summed E-state index contributed by atoms with van der Waals surface area (Å²) in [7, 11) is 0. The summed E-state index contributed by atoms with van der Waals surface area (Å²) in [5.74, 6) is -1.25. The smallest absolute Gasteiger partial charge is 0.347 e. The maximum absolute atomic E-state index is 12.1. The van der Waals surface area contributed by atoms with Crippen molar-refractivity contribution in [2.24, 2.45) is 0 Å². The Kier molecular flexibility index (Phi) is 6.11. The predicted molar refractivity (Wildman–Crippen MR) is 90.3 cm³/mol. The van der Waals surface area contributed by atoms with Gasteiger partial charge in [-0.3, -0.25) is 19.7 Å². The first-order chi connectivity index (χ1) is 12.6. The van der Waals surface area contributed by atoms with E-state index in [9.17, 15) is 32.9 Å². The van der Waals surface area contributed by atoms with Gasteiger partial charge in [-0.25, -0.2) is 0 Å². The quantitative estimate of drug-likeness (QED) is 0.593. The summed E-state index contributed by atoms with van der Waals surface area (Å²) < 4.78 is 36.1. The third-order valence-corrected chi connectivity index (χ3v) is 3.40. The second kappa shape index (κ2) is 8.30. The Hall–Kier alpha value is -3.43. The van der Waals surface area contributed by atoms with Crippen molar-refractivity contribution in [2.75, 3.05) is 11.9 Å². The molecule has 0 saturated carbocycles. The van der Waals surface area contributed by atoms with Gasteiger partial charge in [-0.15, -0.1) is 0 Å². The van der Waals surface area contributed by atoms with Crippen molar-refractivity contribution in [2.45, 2.75) is 12.6 Å². The summed E-state index contributed by atoms with van der Waals surface area (Å²) in [5.41, 5.74) is 0.955. The molecule has 2 aromatic carbocycles. The van der Waals surface area contributed by atoms with Crippen molar-refractivity contribution < 1.29 is 27.7 Å². The third kappa shape index (κ3) is 6.42. The Labute approximate surface area is 151 Å². The number of benzene rings is 2. The fraction of sp³-hybridized carbons (Fsp3) is 0.176. The SMILES string of the molecule is O=C(Cc1ccc(NC(=O)c2ccc([N+](=O)[O-])cc2)cc1)NCC(F)(F)F. The van der Waals surface area contributed by atoms with Crippen LogP contribution in [0, 0.1) is 10.1 Å². The van der Waals surface area contributed by atoms with Crippen molar-refractivity contribution in [3.8, 4) is 0 Å². The molecule has 0 aromatic heterocycles. The number of carbonyl (C=O) groups excluding carboxylic acids is 2. The Morgan fingerprint density at radius 1 is 1.00 bits per heavy atom. The van der Waals surface area contributed by atoms with Crippen LogP contribution in [0.4, 0.5) is 24.5 Å². The highest BCUT2D eigenvalue weighted by atomic mass is 19.4. The minimum Gasteiger partial charge on any atom is -0.347 e. The first-order valence-electron chi connectivity index (χ1n) is 7.62. The monoisotopic (exact) mass is 381 g/mol. The summed E-state index contributed by atoms with van der Waals surface area (Å²) in [4.78, 5) is 33.6. The molecule has 0 heterocycles. The molecule has 0 aliphatic rings. The van der Waals surface area contributed by atoms with Crippen molar-refractivity contribution in [3.05, 3.63) is 69.8 Å². The molecule has 0 fully saturated rings. The number of nitrogens with one attached hydrogen (secondary N) is 2. The van der Waals surface area contributed by atoms with E-state index >= 15 is 0 Å². The van der Waals surface area contributed by atoms with Gasteiger partial charge in [0.05, 0.1) is 11.3 Å². The number of carbonyl (C=O) groups is 2. The molecule has 0 spiro atoms. The molecule has 0 aliphatic carbocycles. The minimum atomic E-state index is -4.47. The summed E-state index contributed by atoms with van der Waals surface area (Å²) in [5, 5.41) is 14.9. The summed E-state index contributed by atoms with van der Waals surface area (Å²) in [6.45, 7) is -1.39. The van der Waals surface area contributed by atoms with Crippen LogP contribution in [0.1, 0.15) is 15.9 Å². The lowest BCUT2D eigenvalue weighted by Crippen LogP contribution is -2.34. The summed E-state index contributed by atoms with van der Waals surface area (Å²) >= 11 is 0. The van der Waals surface area contributed by atoms with Crippen molar-refractivity contribution in [1.82, 2.24) is 5.32 Å². The van der Waals surface area contributed by atoms with Crippen LogP contribution in [-0.2, 0) is 11.2 Å². The van der Waals surface area contributed by atoms with Crippen LogP contribution >= 0.6 is 0 Å². The molecular weight excluding hydrogens is 367 g/mol. The molecule has 0 unspecified atom stereocenters. The van der Waals surface area contributed by atoms with Gasteiger partial charge in [0.2, 0.25) is 5.91 Å². The van der Waals surface area contributed by atoms with Gasteiger partial charge in [0.15, 0.2) is 0 Å². The summed E-state index contributed by atoms with van der Waals surface area (Å²) in [6, 6.07) is 11.0. The second-order valence-electron chi connectivity index (χ2n) is 5.52. The molecule has 2 amide bonds. The van der Waals surface area contributed by atoms with Crippen LogP contribution < -0.4 is 10.6 Å². The maximum Gasteiger partial charge on any atom is 0.405 e. The molecule has 142 valence electrons. The number of alkyl halides is 3. The van der Waals surface area contributed by atoms with Crippen LogP contribution in [0.5, 0.6) is 0 Å². The first-order valence-corrected chi connectivity index (χ1v) is 7.62. The third-order valence-electron chi connectivity index (χ3n) is 3.40. The largest absolute Gasteiger partial charge is 0.405 e. The molecule has 2 N–H and O–H groups in total. The van der Waals surface area contributed by atoms with E-state index in [1.807, 2.05) is 0 Å². The molecule has 7 nitrogen and oxygen atoms in total. The molecule has 0 atom stereocenters. The lowest BCUT2D eigenvalue weighted by Gasteiger charge is -2.09. The van der Waals surface area contributed by atoms with E-state index in [2.05, 4.69) is 5.32 Å². The number of hydrogen-bond acceptors (Lipinski definition) is 4. The van der Waals surface area contributed by atoms with Crippen LogP contribution in [-0.4, -0.2) is 29.5 Å². The number of nitro groups is 1. The highest BCUT2D eigenvalue weighted by Gasteiger charge is 2.27. The predicted octanol–water partition coefficient (Wildman–Crippen LogP) is 3.07. The summed E-state index contributed by atoms with van der Waals surface area (Å²) in [6.07, 6.45) is -4.70. The standard InChI is InChI=1S/C17H14F3N3O4/c18-17(19,20)10-21-15(24)9-11-1-5-13(6-2-11)22-16(25)12-3-7-14(8-4-12)23(26)27/h1-8H,9-10H2,(H,21,24)(H,22,25). The fourth-order valence-electron chi connectivity index (χ4n) is 2.09. The fourth-order valence-corrected chi connectivity index (χ4v) is 2.09. The van der Waals surface area contributed by atoms with Gasteiger partial charge in [-0.05, 0) is 29.8 Å². The zero-order chi connectivity index (χ0) is 20.0. The second-order valence-corrected chi connectivity index (χ2v) is 5.52. The first kappa shape index (κ1) is 19.9. The number of hydrogen-bond donors (Lipinski definition) is 2. The van der Waals surface area contributed by atoms with Gasteiger partial charge in [-0.2, -0.15) is 13.2 Å². The van der Waals surface area contributed by atoms with E-state index in [1.54, 1.807) is 5.32 Å². The van der Waals surface area contributed by atoms with E-state index in [-0.39, 0.29) is 17.7 Å². The highest BCUT2D eigenvalue weighted by Crippen LogP contribution is 2.16. The molecule has 2 rings (SSSR count). The van der Waals surface area contributed by atoms with Gasteiger partial charge in [-0.1, -0.05) is 12.1 Å². The van der Waals surface area contributed by atoms with E-state index in [0.29, 0.717) is 11.3 Å². The number of nitrogens with zero attached hydrogens (tertiary/aromatic N) is 1. The average molecular weight is 381 g/mol. The van der Waals surface area contributed by atoms with Gasteiger partial charge in [0.25, 0.3) is 11.6 Å².